The number of amides is 1. The van der Waals surface area contributed by atoms with Crippen molar-refractivity contribution in [2.75, 3.05) is 5.32 Å². The summed E-state index contributed by atoms with van der Waals surface area (Å²) in [5, 5.41) is 2.64. The fourth-order valence-corrected chi connectivity index (χ4v) is 3.53. The van der Waals surface area contributed by atoms with Crippen molar-refractivity contribution in [1.82, 2.24) is 4.98 Å². The van der Waals surface area contributed by atoms with Gasteiger partial charge in [0.2, 0.25) is 0 Å². The van der Waals surface area contributed by atoms with E-state index in [9.17, 15) is 13.2 Å². The van der Waals surface area contributed by atoms with Crippen LogP contribution in [-0.2, 0) is 15.6 Å². The van der Waals surface area contributed by atoms with Gasteiger partial charge in [-0.2, -0.15) is 0 Å². The highest BCUT2D eigenvalue weighted by Gasteiger charge is 2.19. The Morgan fingerprint density at radius 2 is 1.84 bits per heavy atom. The van der Waals surface area contributed by atoms with Crippen molar-refractivity contribution in [3.05, 3.63) is 77.9 Å². The number of hydrogen-bond donors (Lipinski definition) is 1. The van der Waals surface area contributed by atoms with Crippen LogP contribution in [0.5, 0.6) is 0 Å². The number of carbonyl (C=O) groups is 1. The van der Waals surface area contributed by atoms with E-state index >= 15 is 0 Å². The Labute approximate surface area is 145 Å². The predicted molar refractivity (Wildman–Crippen MR) is 93.0 cm³/mol. The van der Waals surface area contributed by atoms with Crippen molar-refractivity contribution in [3.63, 3.8) is 0 Å². The molecule has 0 atom stereocenters. The zero-order valence-electron chi connectivity index (χ0n) is 13.5. The molecule has 0 saturated carbocycles. The first-order chi connectivity index (χ1) is 12.0. The second-order valence-corrected chi connectivity index (χ2v) is 7.45. The molecule has 6 nitrogen and oxygen atoms in total. The molecule has 0 aliphatic carbocycles. The van der Waals surface area contributed by atoms with E-state index in [1.165, 1.54) is 24.3 Å². The van der Waals surface area contributed by atoms with Gasteiger partial charge in [-0.05, 0) is 42.8 Å². The van der Waals surface area contributed by atoms with E-state index in [4.69, 9.17) is 4.42 Å². The van der Waals surface area contributed by atoms with Gasteiger partial charge in [0.05, 0.1) is 4.90 Å². The van der Waals surface area contributed by atoms with Gasteiger partial charge in [0.15, 0.2) is 15.6 Å². The van der Waals surface area contributed by atoms with E-state index in [1.807, 2.05) is 13.0 Å². The number of rotatable bonds is 5. The van der Waals surface area contributed by atoms with E-state index in [0.29, 0.717) is 5.82 Å². The number of aromatic nitrogens is 1. The lowest BCUT2D eigenvalue weighted by molar-refractivity contribution is 0.0994. The Balaban J connectivity index is 1.74. The first kappa shape index (κ1) is 16.9. The molecule has 128 valence electrons. The standard InChI is InChI=1S/C18H16N2O4S/c1-13-6-5-11-19-17(13)20-18(21)16-10-9-14(24-16)12-25(22,23)15-7-3-2-4-8-15/h2-11H,12H2,1H3,(H,19,20,21). The smallest absolute Gasteiger partial charge is 0.292 e. The van der Waals surface area contributed by atoms with E-state index in [1.54, 1.807) is 30.5 Å². The summed E-state index contributed by atoms with van der Waals surface area (Å²) in [7, 11) is -3.53. The molecule has 0 aliphatic rings. The maximum atomic E-state index is 12.3. The number of anilines is 1. The van der Waals surface area contributed by atoms with Crippen LogP contribution in [0.1, 0.15) is 21.9 Å². The third kappa shape index (κ3) is 3.95. The Morgan fingerprint density at radius 3 is 2.56 bits per heavy atom. The van der Waals surface area contributed by atoms with Gasteiger partial charge in [0, 0.05) is 6.20 Å². The van der Waals surface area contributed by atoms with E-state index in [-0.39, 0.29) is 22.2 Å². The molecule has 1 N–H and O–H groups in total. The highest BCUT2D eigenvalue weighted by Crippen LogP contribution is 2.19. The molecule has 0 radical (unpaired) electrons. The van der Waals surface area contributed by atoms with Crippen LogP contribution < -0.4 is 5.32 Å². The number of nitrogens with one attached hydrogen (secondary N) is 1. The summed E-state index contributed by atoms with van der Waals surface area (Å²) < 4.78 is 30.1. The molecule has 1 amide bonds. The van der Waals surface area contributed by atoms with Crippen LogP contribution in [0.3, 0.4) is 0 Å². The summed E-state index contributed by atoms with van der Waals surface area (Å²) in [6.07, 6.45) is 1.57. The van der Waals surface area contributed by atoms with Crippen molar-refractivity contribution in [2.45, 2.75) is 17.6 Å². The number of nitrogens with zero attached hydrogens (tertiary/aromatic N) is 1. The van der Waals surface area contributed by atoms with E-state index < -0.39 is 15.7 Å². The SMILES string of the molecule is Cc1cccnc1NC(=O)c1ccc(CS(=O)(=O)c2ccccc2)o1. The van der Waals surface area contributed by atoms with Crippen molar-refractivity contribution in [1.29, 1.82) is 0 Å². The lowest BCUT2D eigenvalue weighted by Gasteiger charge is -2.05. The third-order valence-electron chi connectivity index (χ3n) is 3.56. The zero-order chi connectivity index (χ0) is 17.9. The highest BCUT2D eigenvalue weighted by molar-refractivity contribution is 7.90. The van der Waals surface area contributed by atoms with Crippen molar-refractivity contribution in [2.24, 2.45) is 0 Å². The second-order valence-electron chi connectivity index (χ2n) is 5.46. The summed E-state index contributed by atoms with van der Waals surface area (Å²) in [4.78, 5) is 16.5. The quantitative estimate of drug-likeness (QED) is 0.758. The lowest BCUT2D eigenvalue weighted by atomic mass is 10.3. The number of aryl methyl sites for hydroxylation is 1. The van der Waals surface area contributed by atoms with E-state index in [2.05, 4.69) is 10.3 Å². The van der Waals surface area contributed by atoms with Gasteiger partial charge in [-0.3, -0.25) is 4.79 Å². The Morgan fingerprint density at radius 1 is 1.08 bits per heavy atom. The Kier molecular flexibility index (Phi) is 4.67. The van der Waals surface area contributed by atoms with Crippen LogP contribution in [0.2, 0.25) is 0 Å². The number of sulfone groups is 1. The number of benzene rings is 1. The van der Waals surface area contributed by atoms with Crippen LogP contribution in [-0.4, -0.2) is 19.3 Å². The maximum absolute atomic E-state index is 12.3. The number of hydrogen-bond acceptors (Lipinski definition) is 5. The van der Waals surface area contributed by atoms with Crippen LogP contribution >= 0.6 is 0 Å². The molecule has 0 unspecified atom stereocenters. The van der Waals surface area contributed by atoms with Gasteiger partial charge in [0.25, 0.3) is 5.91 Å². The molecule has 0 bridgehead atoms. The summed E-state index contributed by atoms with van der Waals surface area (Å²) in [6.45, 7) is 1.82. The molecule has 0 aliphatic heterocycles. The lowest BCUT2D eigenvalue weighted by Crippen LogP contribution is -2.13. The van der Waals surface area contributed by atoms with Crippen LogP contribution in [0.25, 0.3) is 0 Å². The first-order valence-electron chi connectivity index (χ1n) is 7.55. The first-order valence-corrected chi connectivity index (χ1v) is 9.20. The van der Waals surface area contributed by atoms with Crippen LogP contribution in [0.4, 0.5) is 5.82 Å². The third-order valence-corrected chi connectivity index (χ3v) is 5.22. The summed E-state index contributed by atoms with van der Waals surface area (Å²) in [5.41, 5.74) is 0.814. The molecule has 7 heteroatoms. The van der Waals surface area contributed by atoms with Gasteiger partial charge in [-0.15, -0.1) is 0 Å². The zero-order valence-corrected chi connectivity index (χ0v) is 14.3. The van der Waals surface area contributed by atoms with Crippen LogP contribution in [0.15, 0.2) is 70.1 Å². The van der Waals surface area contributed by atoms with Crippen molar-refractivity contribution >= 4 is 21.6 Å². The van der Waals surface area contributed by atoms with Gasteiger partial charge in [0.1, 0.15) is 17.3 Å². The minimum absolute atomic E-state index is 0.0308. The predicted octanol–water partition coefficient (Wildman–Crippen LogP) is 3.21. The highest BCUT2D eigenvalue weighted by atomic mass is 32.2. The molecule has 25 heavy (non-hydrogen) atoms. The minimum Gasteiger partial charge on any atom is -0.455 e. The molecule has 3 rings (SSSR count). The average Bonchev–Trinajstić information content (AvgIpc) is 3.06. The molecule has 2 heterocycles. The number of furan rings is 1. The molecular weight excluding hydrogens is 340 g/mol. The Hall–Kier alpha value is -2.93. The molecule has 2 aromatic heterocycles. The fourth-order valence-electron chi connectivity index (χ4n) is 2.26. The van der Waals surface area contributed by atoms with Gasteiger partial charge in [-0.1, -0.05) is 24.3 Å². The number of carbonyl (C=O) groups excluding carboxylic acids is 1. The summed E-state index contributed by atoms with van der Waals surface area (Å²) >= 11 is 0. The van der Waals surface area contributed by atoms with Crippen LogP contribution in [0, 0.1) is 6.92 Å². The van der Waals surface area contributed by atoms with Crippen molar-refractivity contribution < 1.29 is 17.6 Å². The summed E-state index contributed by atoms with van der Waals surface area (Å²) in [5.74, 6) is -0.130. The largest absolute Gasteiger partial charge is 0.455 e. The molecule has 3 aromatic rings. The molecule has 0 spiro atoms. The van der Waals surface area contributed by atoms with Gasteiger partial charge >= 0.3 is 0 Å². The molecular formula is C18H16N2O4S. The summed E-state index contributed by atoms with van der Waals surface area (Å²) in [6, 6.07) is 14.6. The number of pyridine rings is 1. The molecule has 0 fully saturated rings. The van der Waals surface area contributed by atoms with Gasteiger partial charge < -0.3 is 9.73 Å². The maximum Gasteiger partial charge on any atom is 0.292 e. The van der Waals surface area contributed by atoms with E-state index in [0.717, 1.165) is 5.56 Å². The molecule has 0 saturated heterocycles. The second kappa shape index (κ2) is 6.90. The molecule has 1 aromatic carbocycles. The average molecular weight is 356 g/mol. The van der Waals surface area contributed by atoms with Gasteiger partial charge in [-0.25, -0.2) is 13.4 Å². The fraction of sp³-hybridized carbons (Fsp3) is 0.111. The van der Waals surface area contributed by atoms with Crippen molar-refractivity contribution in [3.8, 4) is 0 Å². The topological polar surface area (TPSA) is 89.3 Å². The monoisotopic (exact) mass is 356 g/mol. The normalized spacial score (nSPS) is 11.2. The minimum atomic E-state index is -3.53. The Bertz CT molecular complexity index is 995.